The largest absolute Gasteiger partial charge is 0.368 e. The molecule has 3 heterocycles. The highest BCUT2D eigenvalue weighted by molar-refractivity contribution is 5.82. The first-order chi connectivity index (χ1) is 9.70. The first kappa shape index (κ1) is 13.3. The zero-order chi connectivity index (χ0) is 14.1. The molecule has 20 heavy (non-hydrogen) atoms. The molecule has 2 aromatic heterocycles. The van der Waals surface area contributed by atoms with Gasteiger partial charge in [0.1, 0.15) is 12.6 Å². The number of fused-ring (bicyclic) bond motifs is 1. The van der Waals surface area contributed by atoms with Crippen LogP contribution in [0.15, 0.2) is 12.7 Å². The van der Waals surface area contributed by atoms with E-state index in [0.717, 1.165) is 36.4 Å². The van der Waals surface area contributed by atoms with Gasteiger partial charge in [-0.25, -0.2) is 15.0 Å². The van der Waals surface area contributed by atoms with Crippen LogP contribution in [-0.4, -0.2) is 32.2 Å². The fraction of sp³-hybridized carbons (Fsp3) is 0.643. The van der Waals surface area contributed by atoms with Crippen LogP contribution in [0.3, 0.4) is 0 Å². The number of aromatic nitrogens is 4. The summed E-state index contributed by atoms with van der Waals surface area (Å²) in [5.74, 6) is 1.33. The van der Waals surface area contributed by atoms with E-state index in [1.54, 1.807) is 6.33 Å². The molecule has 0 aromatic carbocycles. The Morgan fingerprint density at radius 2 is 2.20 bits per heavy atom. The van der Waals surface area contributed by atoms with Crippen LogP contribution in [0.2, 0.25) is 0 Å². The van der Waals surface area contributed by atoms with Gasteiger partial charge in [0.05, 0.1) is 12.4 Å². The first-order valence-corrected chi connectivity index (χ1v) is 7.27. The normalized spacial score (nSPS) is 22.8. The second kappa shape index (κ2) is 5.36. The number of anilines is 1. The number of hydrogen-bond acceptors (Lipinski definition) is 5. The Bertz CT molecular complexity index is 594. The van der Waals surface area contributed by atoms with E-state index in [9.17, 15) is 0 Å². The van der Waals surface area contributed by atoms with E-state index in [2.05, 4.69) is 34.1 Å². The van der Waals surface area contributed by atoms with Crippen LogP contribution in [-0.2, 0) is 4.74 Å². The van der Waals surface area contributed by atoms with Gasteiger partial charge in [0.2, 0.25) is 0 Å². The molecule has 6 nitrogen and oxygen atoms in total. The molecule has 2 aromatic rings. The molecule has 0 amide bonds. The van der Waals surface area contributed by atoms with Gasteiger partial charge in [-0.1, -0.05) is 13.8 Å². The van der Waals surface area contributed by atoms with Crippen molar-refractivity contribution in [3.8, 4) is 0 Å². The predicted molar refractivity (Wildman–Crippen MR) is 77.5 cm³/mol. The molecule has 1 fully saturated rings. The van der Waals surface area contributed by atoms with E-state index >= 15 is 0 Å². The summed E-state index contributed by atoms with van der Waals surface area (Å²) in [5.41, 5.74) is 1.65. The second-order valence-corrected chi connectivity index (χ2v) is 5.53. The molecule has 1 saturated heterocycles. The number of hydrogen-bond donors (Lipinski definition) is 1. The summed E-state index contributed by atoms with van der Waals surface area (Å²) in [5, 5.41) is 3.21. The van der Waals surface area contributed by atoms with Gasteiger partial charge < -0.3 is 10.1 Å². The van der Waals surface area contributed by atoms with E-state index in [0.29, 0.717) is 12.0 Å². The Morgan fingerprint density at radius 1 is 1.35 bits per heavy atom. The number of nitrogens with one attached hydrogen (secondary N) is 1. The summed E-state index contributed by atoms with van der Waals surface area (Å²) in [7, 11) is 0. The van der Waals surface area contributed by atoms with Crippen molar-refractivity contribution in [3.05, 3.63) is 12.7 Å². The lowest BCUT2D eigenvalue weighted by Gasteiger charge is -2.17. The lowest BCUT2D eigenvalue weighted by molar-refractivity contribution is -0.0165. The van der Waals surface area contributed by atoms with E-state index in [4.69, 9.17) is 4.74 Å². The van der Waals surface area contributed by atoms with Gasteiger partial charge in [0.15, 0.2) is 17.0 Å². The van der Waals surface area contributed by atoms with E-state index in [1.807, 2.05) is 17.8 Å². The van der Waals surface area contributed by atoms with E-state index in [1.165, 1.54) is 0 Å². The number of nitrogens with zero attached hydrogens (tertiary/aromatic N) is 4. The van der Waals surface area contributed by atoms with Crippen molar-refractivity contribution in [1.82, 2.24) is 19.5 Å². The van der Waals surface area contributed by atoms with Gasteiger partial charge in [-0.2, -0.15) is 0 Å². The van der Waals surface area contributed by atoms with Crippen LogP contribution < -0.4 is 5.32 Å². The Balaban J connectivity index is 1.92. The number of ether oxygens (including phenoxy) is 1. The maximum absolute atomic E-state index is 6.12. The smallest absolute Gasteiger partial charge is 0.167 e. The first-order valence-electron chi connectivity index (χ1n) is 7.27. The van der Waals surface area contributed by atoms with Gasteiger partial charge in [0.25, 0.3) is 0 Å². The average Bonchev–Trinajstić information content (AvgIpc) is 3.05. The molecular formula is C14H21N5O. The van der Waals surface area contributed by atoms with Gasteiger partial charge in [0, 0.05) is 6.54 Å². The monoisotopic (exact) mass is 275 g/mol. The minimum atomic E-state index is 0.0387. The van der Waals surface area contributed by atoms with Crippen LogP contribution in [0.4, 0.5) is 5.82 Å². The Hall–Kier alpha value is -1.69. The number of imidazole rings is 1. The van der Waals surface area contributed by atoms with Crippen molar-refractivity contribution >= 4 is 17.0 Å². The van der Waals surface area contributed by atoms with Crippen molar-refractivity contribution in [2.24, 2.45) is 5.92 Å². The maximum Gasteiger partial charge on any atom is 0.167 e. The van der Waals surface area contributed by atoms with E-state index < -0.39 is 0 Å². The molecule has 2 atom stereocenters. The summed E-state index contributed by atoms with van der Waals surface area (Å²) in [4.78, 5) is 13.1. The molecule has 0 bridgehead atoms. The summed E-state index contributed by atoms with van der Waals surface area (Å²) >= 11 is 0. The second-order valence-electron chi connectivity index (χ2n) is 5.53. The summed E-state index contributed by atoms with van der Waals surface area (Å²) in [6.07, 6.45) is 5.85. The molecule has 0 saturated carbocycles. The molecule has 1 aliphatic heterocycles. The molecule has 1 N–H and O–H groups in total. The van der Waals surface area contributed by atoms with Crippen LogP contribution in [0.1, 0.15) is 39.8 Å². The highest BCUT2D eigenvalue weighted by atomic mass is 16.5. The fourth-order valence-corrected chi connectivity index (χ4v) is 2.70. The quantitative estimate of drug-likeness (QED) is 0.929. The van der Waals surface area contributed by atoms with Gasteiger partial charge in [-0.05, 0) is 25.7 Å². The SMILES string of the molecule is CCNc1ncnc2c1ncn2C1CCC(C(C)C)O1. The summed E-state index contributed by atoms with van der Waals surface area (Å²) in [6.45, 7) is 7.25. The summed E-state index contributed by atoms with van der Waals surface area (Å²) < 4.78 is 8.15. The number of rotatable bonds is 4. The molecule has 1 aliphatic rings. The van der Waals surface area contributed by atoms with Crippen molar-refractivity contribution in [2.45, 2.75) is 45.9 Å². The molecule has 0 aliphatic carbocycles. The Labute approximate surface area is 118 Å². The zero-order valence-corrected chi connectivity index (χ0v) is 12.2. The molecule has 3 rings (SSSR count). The molecule has 0 spiro atoms. The predicted octanol–water partition coefficient (Wildman–Crippen LogP) is 2.59. The van der Waals surface area contributed by atoms with Crippen molar-refractivity contribution in [2.75, 3.05) is 11.9 Å². The van der Waals surface area contributed by atoms with Crippen LogP contribution in [0.25, 0.3) is 11.2 Å². The molecule has 108 valence electrons. The highest BCUT2D eigenvalue weighted by Crippen LogP contribution is 2.33. The molecule has 0 radical (unpaired) electrons. The minimum absolute atomic E-state index is 0.0387. The van der Waals surface area contributed by atoms with Gasteiger partial charge in [-0.15, -0.1) is 0 Å². The third-order valence-electron chi connectivity index (χ3n) is 3.79. The Kier molecular flexibility index (Phi) is 3.56. The fourth-order valence-electron chi connectivity index (χ4n) is 2.70. The van der Waals surface area contributed by atoms with Gasteiger partial charge >= 0.3 is 0 Å². The third-order valence-corrected chi connectivity index (χ3v) is 3.79. The molecular weight excluding hydrogens is 254 g/mol. The zero-order valence-electron chi connectivity index (χ0n) is 12.2. The third kappa shape index (κ3) is 2.24. The molecule has 2 unspecified atom stereocenters. The summed E-state index contributed by atoms with van der Waals surface area (Å²) in [6, 6.07) is 0. The maximum atomic E-state index is 6.12. The highest BCUT2D eigenvalue weighted by Gasteiger charge is 2.29. The van der Waals surface area contributed by atoms with Crippen molar-refractivity contribution < 1.29 is 4.74 Å². The van der Waals surface area contributed by atoms with Crippen molar-refractivity contribution in [3.63, 3.8) is 0 Å². The van der Waals surface area contributed by atoms with Crippen LogP contribution >= 0.6 is 0 Å². The topological polar surface area (TPSA) is 64.9 Å². The van der Waals surface area contributed by atoms with Gasteiger partial charge in [-0.3, -0.25) is 4.57 Å². The van der Waals surface area contributed by atoms with Crippen molar-refractivity contribution in [1.29, 1.82) is 0 Å². The van der Waals surface area contributed by atoms with Crippen LogP contribution in [0.5, 0.6) is 0 Å². The lowest BCUT2D eigenvalue weighted by atomic mass is 10.1. The lowest BCUT2D eigenvalue weighted by Crippen LogP contribution is -2.16. The Morgan fingerprint density at radius 3 is 2.90 bits per heavy atom. The average molecular weight is 275 g/mol. The standard InChI is InChI=1S/C14H21N5O/c1-4-15-13-12-14(17-7-16-13)19(8-18-12)11-6-5-10(20-11)9(2)3/h7-11H,4-6H2,1-3H3,(H,15,16,17). The van der Waals surface area contributed by atoms with Crippen LogP contribution in [0, 0.1) is 5.92 Å². The molecule has 6 heteroatoms. The minimum Gasteiger partial charge on any atom is -0.368 e. The van der Waals surface area contributed by atoms with E-state index in [-0.39, 0.29) is 6.23 Å².